The van der Waals surface area contributed by atoms with Gasteiger partial charge in [0.15, 0.2) is 5.65 Å². The third-order valence-corrected chi connectivity index (χ3v) is 3.53. The standard InChI is InChI=1S/C18H12N2/c1-2-8-15-13(5-1)6-3-9-16(15)17-11-10-14-7-4-12-19-18(14)20-17/h1-12H. The minimum absolute atomic E-state index is 0.790. The zero-order valence-electron chi connectivity index (χ0n) is 10.8. The van der Waals surface area contributed by atoms with Gasteiger partial charge in [-0.05, 0) is 35.0 Å². The van der Waals surface area contributed by atoms with Crippen LogP contribution in [0.5, 0.6) is 0 Å². The number of hydrogen-bond acceptors (Lipinski definition) is 2. The summed E-state index contributed by atoms with van der Waals surface area (Å²) in [6.45, 7) is 0. The van der Waals surface area contributed by atoms with Crippen LogP contribution in [0.1, 0.15) is 0 Å². The Balaban J connectivity index is 2.01. The second kappa shape index (κ2) is 4.42. The van der Waals surface area contributed by atoms with Crippen molar-refractivity contribution in [2.45, 2.75) is 0 Å². The summed E-state index contributed by atoms with van der Waals surface area (Å²) in [6.07, 6.45) is 1.78. The molecule has 0 radical (unpaired) electrons. The fourth-order valence-corrected chi connectivity index (χ4v) is 2.55. The normalized spacial score (nSPS) is 11.0. The lowest BCUT2D eigenvalue weighted by Gasteiger charge is -2.06. The smallest absolute Gasteiger partial charge is 0.159 e. The summed E-state index contributed by atoms with van der Waals surface area (Å²) in [5.74, 6) is 0. The Morgan fingerprint density at radius 1 is 0.650 bits per heavy atom. The van der Waals surface area contributed by atoms with Crippen LogP contribution in [0.25, 0.3) is 33.1 Å². The monoisotopic (exact) mass is 256 g/mol. The molecule has 4 rings (SSSR count). The molecule has 2 heterocycles. The van der Waals surface area contributed by atoms with E-state index in [-0.39, 0.29) is 0 Å². The number of nitrogens with zero attached hydrogens (tertiary/aromatic N) is 2. The van der Waals surface area contributed by atoms with E-state index in [0.717, 1.165) is 22.3 Å². The van der Waals surface area contributed by atoms with E-state index in [4.69, 9.17) is 0 Å². The van der Waals surface area contributed by atoms with Crippen molar-refractivity contribution in [1.29, 1.82) is 0 Å². The van der Waals surface area contributed by atoms with Gasteiger partial charge in [0.2, 0.25) is 0 Å². The van der Waals surface area contributed by atoms with E-state index < -0.39 is 0 Å². The van der Waals surface area contributed by atoms with E-state index in [9.17, 15) is 0 Å². The number of rotatable bonds is 1. The fraction of sp³-hybridized carbons (Fsp3) is 0. The third kappa shape index (κ3) is 1.74. The predicted molar refractivity (Wildman–Crippen MR) is 82.5 cm³/mol. The van der Waals surface area contributed by atoms with Crippen LogP contribution in [0.4, 0.5) is 0 Å². The van der Waals surface area contributed by atoms with Crippen molar-refractivity contribution in [3.8, 4) is 11.3 Å². The summed E-state index contributed by atoms with van der Waals surface area (Å²) in [4.78, 5) is 9.02. The molecule has 0 bridgehead atoms. The van der Waals surface area contributed by atoms with Gasteiger partial charge in [0.1, 0.15) is 0 Å². The molecule has 20 heavy (non-hydrogen) atoms. The lowest BCUT2D eigenvalue weighted by Crippen LogP contribution is -1.88. The minimum Gasteiger partial charge on any atom is -0.237 e. The zero-order valence-corrected chi connectivity index (χ0v) is 10.8. The molecule has 2 aromatic heterocycles. The second-order valence-electron chi connectivity index (χ2n) is 4.77. The summed E-state index contributed by atoms with van der Waals surface area (Å²) in [5, 5.41) is 3.52. The van der Waals surface area contributed by atoms with Crippen molar-refractivity contribution in [2.75, 3.05) is 0 Å². The Bertz CT molecular complexity index is 908. The van der Waals surface area contributed by atoms with E-state index in [2.05, 4.69) is 64.6 Å². The fourth-order valence-electron chi connectivity index (χ4n) is 2.55. The van der Waals surface area contributed by atoms with E-state index in [1.807, 2.05) is 12.1 Å². The molecule has 2 heteroatoms. The van der Waals surface area contributed by atoms with Crippen molar-refractivity contribution in [3.63, 3.8) is 0 Å². The molecular formula is C18H12N2. The summed E-state index contributed by atoms with van der Waals surface area (Å²) < 4.78 is 0. The highest BCUT2D eigenvalue weighted by Crippen LogP contribution is 2.28. The molecule has 2 nitrogen and oxygen atoms in total. The van der Waals surface area contributed by atoms with Gasteiger partial charge in [-0.2, -0.15) is 0 Å². The molecule has 0 atom stereocenters. The van der Waals surface area contributed by atoms with Crippen molar-refractivity contribution >= 4 is 21.8 Å². The molecule has 0 saturated carbocycles. The largest absolute Gasteiger partial charge is 0.237 e. The van der Waals surface area contributed by atoms with Gasteiger partial charge in [0.25, 0.3) is 0 Å². The van der Waals surface area contributed by atoms with E-state index in [0.29, 0.717) is 0 Å². The number of aromatic nitrogens is 2. The van der Waals surface area contributed by atoms with Crippen molar-refractivity contribution in [2.24, 2.45) is 0 Å². The molecule has 0 amide bonds. The summed E-state index contributed by atoms with van der Waals surface area (Å²) in [7, 11) is 0. The maximum atomic E-state index is 4.68. The molecule has 2 aromatic carbocycles. The Hall–Kier alpha value is -2.74. The molecule has 0 fully saturated rings. The average Bonchev–Trinajstić information content (AvgIpc) is 2.54. The Labute approximate surface area is 116 Å². The molecule has 0 aliphatic carbocycles. The van der Waals surface area contributed by atoms with Crippen molar-refractivity contribution in [3.05, 3.63) is 72.9 Å². The van der Waals surface area contributed by atoms with Crippen molar-refractivity contribution < 1.29 is 0 Å². The molecule has 0 aliphatic rings. The van der Waals surface area contributed by atoms with Crippen LogP contribution in [0, 0.1) is 0 Å². The molecule has 4 aromatic rings. The Morgan fingerprint density at radius 2 is 1.50 bits per heavy atom. The van der Waals surface area contributed by atoms with Crippen molar-refractivity contribution in [1.82, 2.24) is 9.97 Å². The maximum Gasteiger partial charge on any atom is 0.159 e. The van der Waals surface area contributed by atoms with Crippen LogP contribution in [-0.2, 0) is 0 Å². The van der Waals surface area contributed by atoms with Gasteiger partial charge in [-0.25, -0.2) is 9.97 Å². The van der Waals surface area contributed by atoms with Crippen LogP contribution < -0.4 is 0 Å². The van der Waals surface area contributed by atoms with Gasteiger partial charge in [0.05, 0.1) is 5.69 Å². The lowest BCUT2D eigenvalue weighted by atomic mass is 10.0. The molecule has 0 aliphatic heterocycles. The van der Waals surface area contributed by atoms with Crippen LogP contribution >= 0.6 is 0 Å². The van der Waals surface area contributed by atoms with Gasteiger partial charge in [-0.15, -0.1) is 0 Å². The molecule has 0 N–H and O–H groups in total. The van der Waals surface area contributed by atoms with Gasteiger partial charge in [-0.3, -0.25) is 0 Å². The topological polar surface area (TPSA) is 25.8 Å². The number of benzene rings is 2. The van der Waals surface area contributed by atoms with Crippen LogP contribution in [0.2, 0.25) is 0 Å². The minimum atomic E-state index is 0.790. The predicted octanol–water partition coefficient (Wildman–Crippen LogP) is 4.45. The first-order valence-electron chi connectivity index (χ1n) is 6.62. The first-order chi connectivity index (χ1) is 9.92. The molecular weight excluding hydrogens is 244 g/mol. The van der Waals surface area contributed by atoms with Crippen LogP contribution in [-0.4, -0.2) is 9.97 Å². The number of pyridine rings is 2. The van der Waals surface area contributed by atoms with Gasteiger partial charge >= 0.3 is 0 Å². The second-order valence-corrected chi connectivity index (χ2v) is 4.77. The van der Waals surface area contributed by atoms with E-state index in [1.54, 1.807) is 6.20 Å². The van der Waals surface area contributed by atoms with E-state index in [1.165, 1.54) is 10.8 Å². The molecule has 0 spiro atoms. The van der Waals surface area contributed by atoms with Gasteiger partial charge < -0.3 is 0 Å². The third-order valence-electron chi connectivity index (χ3n) is 3.53. The Kier molecular flexibility index (Phi) is 2.46. The summed E-state index contributed by atoms with van der Waals surface area (Å²) in [6, 6.07) is 22.8. The lowest BCUT2D eigenvalue weighted by molar-refractivity contribution is 1.29. The van der Waals surface area contributed by atoms with Crippen LogP contribution in [0.15, 0.2) is 72.9 Å². The van der Waals surface area contributed by atoms with Gasteiger partial charge in [-0.1, -0.05) is 42.5 Å². The Morgan fingerprint density at radius 3 is 2.50 bits per heavy atom. The first kappa shape index (κ1) is 11.1. The highest BCUT2D eigenvalue weighted by molar-refractivity contribution is 5.96. The quantitative estimate of drug-likeness (QED) is 0.503. The maximum absolute atomic E-state index is 4.68. The molecule has 0 unspecified atom stereocenters. The number of fused-ring (bicyclic) bond motifs is 2. The first-order valence-corrected chi connectivity index (χ1v) is 6.62. The van der Waals surface area contributed by atoms with Crippen LogP contribution in [0.3, 0.4) is 0 Å². The highest BCUT2D eigenvalue weighted by atomic mass is 14.8. The number of hydrogen-bond donors (Lipinski definition) is 0. The average molecular weight is 256 g/mol. The SMILES string of the molecule is c1cnc2nc(-c3cccc4ccccc34)ccc2c1. The molecule has 0 saturated heterocycles. The summed E-state index contributed by atoms with van der Waals surface area (Å²) in [5.41, 5.74) is 2.90. The highest BCUT2D eigenvalue weighted by Gasteiger charge is 2.05. The van der Waals surface area contributed by atoms with E-state index >= 15 is 0 Å². The molecule has 94 valence electrons. The summed E-state index contributed by atoms with van der Waals surface area (Å²) >= 11 is 0. The zero-order chi connectivity index (χ0) is 13.4. The van der Waals surface area contributed by atoms with Gasteiger partial charge in [0, 0.05) is 17.1 Å².